The summed E-state index contributed by atoms with van der Waals surface area (Å²) in [4.78, 5) is 0. The molecule has 0 saturated heterocycles. The van der Waals surface area contributed by atoms with E-state index in [1.807, 2.05) is 11.8 Å². The highest BCUT2D eigenvalue weighted by Crippen LogP contribution is 2.08. The van der Waals surface area contributed by atoms with Crippen LogP contribution in [-0.4, -0.2) is 5.75 Å². The second-order valence-corrected chi connectivity index (χ2v) is 4.46. The molecule has 0 rings (SSSR count). The van der Waals surface area contributed by atoms with E-state index in [9.17, 15) is 0 Å². The van der Waals surface area contributed by atoms with Crippen LogP contribution >= 0.6 is 11.8 Å². The molecule has 78 valence electrons. The first kappa shape index (κ1) is 13.1. The van der Waals surface area contributed by atoms with Crippen LogP contribution in [0.2, 0.25) is 0 Å². The number of hydrogen-bond acceptors (Lipinski definition) is 1. The van der Waals surface area contributed by atoms with E-state index in [0.29, 0.717) is 0 Å². The van der Waals surface area contributed by atoms with Crippen molar-refractivity contribution < 1.29 is 0 Å². The molecule has 0 radical (unpaired) electrons. The molecule has 0 spiro atoms. The number of allylic oxidation sites excluding steroid dienone is 1. The van der Waals surface area contributed by atoms with Crippen LogP contribution in [0.1, 0.15) is 58.8 Å². The molecule has 0 atom stereocenters. The van der Waals surface area contributed by atoms with Crippen molar-refractivity contribution in [3.05, 3.63) is 11.5 Å². The molecule has 0 aliphatic rings. The molecule has 0 aromatic rings. The monoisotopic (exact) mass is 200 g/mol. The smallest absolute Gasteiger partial charge is 0.00262 e. The Kier molecular flexibility index (Phi) is 12.2. The van der Waals surface area contributed by atoms with Gasteiger partial charge in [-0.05, 0) is 30.4 Å². The van der Waals surface area contributed by atoms with Crippen LogP contribution in [0.3, 0.4) is 0 Å². The number of rotatable bonds is 9. The highest BCUT2D eigenvalue weighted by molar-refractivity contribution is 8.02. The van der Waals surface area contributed by atoms with E-state index >= 15 is 0 Å². The van der Waals surface area contributed by atoms with E-state index in [1.54, 1.807) is 0 Å². The number of hydrogen-bond donors (Lipinski definition) is 0. The van der Waals surface area contributed by atoms with Crippen LogP contribution in [0.4, 0.5) is 0 Å². The van der Waals surface area contributed by atoms with Crippen molar-refractivity contribution in [3.8, 4) is 0 Å². The van der Waals surface area contributed by atoms with E-state index < -0.39 is 0 Å². The second-order valence-electron chi connectivity index (χ2n) is 3.45. The summed E-state index contributed by atoms with van der Waals surface area (Å²) in [6, 6.07) is 0. The molecule has 0 amide bonds. The molecule has 0 aromatic carbocycles. The van der Waals surface area contributed by atoms with Crippen LogP contribution in [0, 0.1) is 0 Å². The Labute approximate surface area is 88.2 Å². The molecule has 0 N–H and O–H groups in total. The third-order valence-electron chi connectivity index (χ3n) is 2.03. The summed E-state index contributed by atoms with van der Waals surface area (Å²) in [6.45, 7) is 4.51. The zero-order valence-corrected chi connectivity index (χ0v) is 10.0. The average Bonchev–Trinajstić information content (AvgIpc) is 2.16. The Morgan fingerprint density at radius 2 is 1.69 bits per heavy atom. The molecule has 0 nitrogen and oxygen atoms in total. The van der Waals surface area contributed by atoms with Gasteiger partial charge in [0.25, 0.3) is 0 Å². The van der Waals surface area contributed by atoms with Gasteiger partial charge in [-0.3, -0.25) is 0 Å². The van der Waals surface area contributed by atoms with Gasteiger partial charge in [-0.2, -0.15) is 0 Å². The highest BCUT2D eigenvalue weighted by Gasteiger charge is 1.85. The fraction of sp³-hybridized carbons (Fsp3) is 0.833. The van der Waals surface area contributed by atoms with Crippen LogP contribution in [0.15, 0.2) is 11.5 Å². The van der Waals surface area contributed by atoms with E-state index in [-0.39, 0.29) is 0 Å². The van der Waals surface area contributed by atoms with Gasteiger partial charge in [0.15, 0.2) is 0 Å². The molecule has 0 bridgehead atoms. The molecule has 0 heterocycles. The highest BCUT2D eigenvalue weighted by atomic mass is 32.2. The Balaban J connectivity index is 2.95. The van der Waals surface area contributed by atoms with Gasteiger partial charge in [0.2, 0.25) is 0 Å². The molecule has 0 fully saturated rings. The minimum Gasteiger partial charge on any atom is -0.134 e. The van der Waals surface area contributed by atoms with Gasteiger partial charge in [-0.25, -0.2) is 0 Å². The SMILES string of the molecule is CCCCCC/C=C/SCCCC. The third-order valence-corrected chi connectivity index (χ3v) is 2.94. The Hall–Kier alpha value is 0.0900. The first-order valence-corrected chi connectivity index (χ1v) is 6.73. The van der Waals surface area contributed by atoms with Gasteiger partial charge >= 0.3 is 0 Å². The number of unbranched alkanes of at least 4 members (excludes halogenated alkanes) is 5. The first-order chi connectivity index (χ1) is 6.41. The Morgan fingerprint density at radius 3 is 2.38 bits per heavy atom. The van der Waals surface area contributed by atoms with Gasteiger partial charge < -0.3 is 0 Å². The predicted octanol–water partition coefficient (Wildman–Crippen LogP) is 5.00. The number of thioether (sulfide) groups is 1. The van der Waals surface area contributed by atoms with E-state index in [1.165, 1.54) is 50.7 Å². The van der Waals surface area contributed by atoms with Crippen molar-refractivity contribution in [1.29, 1.82) is 0 Å². The molecule has 1 heteroatoms. The molecule has 0 saturated carbocycles. The lowest BCUT2D eigenvalue weighted by atomic mass is 10.2. The van der Waals surface area contributed by atoms with Gasteiger partial charge in [0.1, 0.15) is 0 Å². The summed E-state index contributed by atoms with van der Waals surface area (Å²) in [5.74, 6) is 1.29. The Morgan fingerprint density at radius 1 is 0.923 bits per heavy atom. The van der Waals surface area contributed by atoms with Crippen LogP contribution in [-0.2, 0) is 0 Å². The quantitative estimate of drug-likeness (QED) is 0.472. The fourth-order valence-corrected chi connectivity index (χ4v) is 1.98. The largest absolute Gasteiger partial charge is 0.134 e. The fourth-order valence-electron chi connectivity index (χ4n) is 1.12. The predicted molar refractivity (Wildman–Crippen MR) is 65.3 cm³/mol. The van der Waals surface area contributed by atoms with E-state index in [2.05, 4.69) is 25.3 Å². The van der Waals surface area contributed by atoms with Crippen LogP contribution < -0.4 is 0 Å². The summed E-state index contributed by atoms with van der Waals surface area (Å²) in [5, 5.41) is 2.28. The van der Waals surface area contributed by atoms with Gasteiger partial charge in [0, 0.05) is 0 Å². The molecular weight excluding hydrogens is 176 g/mol. The lowest BCUT2D eigenvalue weighted by Gasteiger charge is -1.94. The topological polar surface area (TPSA) is 0 Å². The zero-order valence-electron chi connectivity index (χ0n) is 9.22. The minimum atomic E-state index is 1.28. The van der Waals surface area contributed by atoms with Crippen LogP contribution in [0.5, 0.6) is 0 Å². The maximum absolute atomic E-state index is 2.33. The normalized spacial score (nSPS) is 11.2. The molecule has 0 unspecified atom stereocenters. The van der Waals surface area contributed by atoms with Gasteiger partial charge in [0.05, 0.1) is 0 Å². The molecule has 0 aromatic heterocycles. The van der Waals surface area contributed by atoms with Crippen molar-refractivity contribution in [2.45, 2.75) is 58.8 Å². The molecule has 0 aliphatic carbocycles. The minimum absolute atomic E-state index is 1.28. The van der Waals surface area contributed by atoms with E-state index in [4.69, 9.17) is 0 Å². The molecule has 13 heavy (non-hydrogen) atoms. The third kappa shape index (κ3) is 12.1. The summed E-state index contributed by atoms with van der Waals surface area (Å²) < 4.78 is 0. The Bertz CT molecular complexity index is 108. The van der Waals surface area contributed by atoms with E-state index in [0.717, 1.165) is 0 Å². The second kappa shape index (κ2) is 12.1. The average molecular weight is 200 g/mol. The first-order valence-electron chi connectivity index (χ1n) is 5.68. The molecule has 0 aliphatic heterocycles. The van der Waals surface area contributed by atoms with Crippen molar-refractivity contribution in [1.82, 2.24) is 0 Å². The summed E-state index contributed by atoms with van der Waals surface area (Å²) in [6.07, 6.45) is 11.8. The maximum Gasteiger partial charge on any atom is -0.00262 e. The van der Waals surface area contributed by atoms with Crippen molar-refractivity contribution >= 4 is 11.8 Å². The molecular formula is C12H24S. The van der Waals surface area contributed by atoms with Crippen molar-refractivity contribution in [3.63, 3.8) is 0 Å². The maximum atomic E-state index is 2.33. The summed E-state index contributed by atoms with van der Waals surface area (Å²) in [7, 11) is 0. The van der Waals surface area contributed by atoms with Crippen molar-refractivity contribution in [2.24, 2.45) is 0 Å². The summed E-state index contributed by atoms with van der Waals surface area (Å²) in [5.41, 5.74) is 0. The summed E-state index contributed by atoms with van der Waals surface area (Å²) >= 11 is 1.96. The standard InChI is InChI=1S/C12H24S/c1-3-5-7-8-9-10-12-13-11-6-4-2/h10,12H,3-9,11H2,1-2H3/b12-10+. The lowest BCUT2D eigenvalue weighted by Crippen LogP contribution is -1.74. The van der Waals surface area contributed by atoms with Gasteiger partial charge in [-0.1, -0.05) is 45.6 Å². The van der Waals surface area contributed by atoms with Crippen molar-refractivity contribution in [2.75, 3.05) is 5.75 Å². The lowest BCUT2D eigenvalue weighted by molar-refractivity contribution is 0.675. The van der Waals surface area contributed by atoms with Crippen LogP contribution in [0.25, 0.3) is 0 Å². The van der Waals surface area contributed by atoms with Gasteiger partial charge in [-0.15, -0.1) is 11.8 Å². The zero-order chi connectivity index (χ0) is 9.78.